The molecule has 0 aromatic carbocycles. The molecule has 0 aliphatic rings. The smallest absolute Gasteiger partial charge is 0.340 e. The van der Waals surface area contributed by atoms with Gasteiger partial charge in [0.2, 0.25) is 5.91 Å². The van der Waals surface area contributed by atoms with E-state index in [0.717, 1.165) is 0 Å². The van der Waals surface area contributed by atoms with E-state index >= 15 is 0 Å². The summed E-state index contributed by atoms with van der Waals surface area (Å²) in [6.45, 7) is 14.1. The lowest BCUT2D eigenvalue weighted by molar-refractivity contribution is -0.124. The van der Waals surface area contributed by atoms with Gasteiger partial charge in [0.1, 0.15) is 11.7 Å². The Morgan fingerprint density at radius 1 is 1.08 bits per heavy atom. The predicted octanol–water partition coefficient (Wildman–Crippen LogP) is 2.23. The van der Waals surface area contributed by atoms with Gasteiger partial charge in [-0.1, -0.05) is 0 Å². The zero-order valence-electron chi connectivity index (χ0n) is 16.3. The molecule has 140 valence electrons. The van der Waals surface area contributed by atoms with Gasteiger partial charge >= 0.3 is 5.97 Å². The zero-order chi connectivity index (χ0) is 19.5. The highest BCUT2D eigenvalue weighted by atomic mass is 16.5. The molecule has 0 unspecified atom stereocenters. The maximum Gasteiger partial charge on any atom is 0.340 e. The topological polar surface area (TPSA) is 100 Å². The number of hydrogen-bond donors (Lipinski definition) is 3. The number of nitrogens with one attached hydrogen (secondary N) is 3. The Morgan fingerprint density at radius 2 is 1.64 bits per heavy atom. The zero-order valence-corrected chi connectivity index (χ0v) is 16.3. The highest BCUT2D eigenvalue weighted by Gasteiger charge is 2.26. The van der Waals surface area contributed by atoms with Gasteiger partial charge in [0.15, 0.2) is 0 Å². The summed E-state index contributed by atoms with van der Waals surface area (Å²) >= 11 is 0. The monoisotopic (exact) mass is 351 g/mol. The minimum atomic E-state index is -0.708. The largest absolute Gasteiger partial charge is 0.459 e. The van der Waals surface area contributed by atoms with Crippen molar-refractivity contribution in [2.24, 2.45) is 0 Å². The number of aromatic amines is 1. The van der Waals surface area contributed by atoms with Gasteiger partial charge in [0, 0.05) is 11.2 Å². The molecule has 0 bridgehead atoms. The summed E-state index contributed by atoms with van der Waals surface area (Å²) in [6, 6.07) is -0.708. The molecule has 0 fully saturated rings. The highest BCUT2D eigenvalue weighted by molar-refractivity contribution is 6.02. The van der Waals surface area contributed by atoms with Gasteiger partial charge in [-0.3, -0.25) is 9.59 Å². The van der Waals surface area contributed by atoms with E-state index in [-0.39, 0.29) is 23.2 Å². The number of aromatic nitrogens is 1. The van der Waals surface area contributed by atoms with Crippen molar-refractivity contribution in [1.82, 2.24) is 15.6 Å². The molecule has 0 aliphatic heterocycles. The molecule has 25 heavy (non-hydrogen) atoms. The third-order valence-electron chi connectivity index (χ3n) is 3.45. The van der Waals surface area contributed by atoms with E-state index in [2.05, 4.69) is 15.6 Å². The Hall–Kier alpha value is -2.31. The minimum Gasteiger partial charge on any atom is -0.459 e. The average Bonchev–Trinajstić information content (AvgIpc) is 2.71. The molecule has 0 spiro atoms. The SMILES string of the molecule is Cc1[nH]c(C(=O)N[C@H](C)C(=O)NC(C)(C)C)c(C)c1C(=O)OC(C)C. The summed E-state index contributed by atoms with van der Waals surface area (Å²) < 4.78 is 5.21. The third kappa shape index (κ3) is 5.62. The normalized spacial score (nSPS) is 12.7. The van der Waals surface area contributed by atoms with Crippen molar-refractivity contribution < 1.29 is 19.1 Å². The minimum absolute atomic E-state index is 0.250. The van der Waals surface area contributed by atoms with E-state index < -0.39 is 17.9 Å². The average molecular weight is 351 g/mol. The Labute approximate surface area is 148 Å². The van der Waals surface area contributed by atoms with Crippen molar-refractivity contribution in [3.05, 3.63) is 22.5 Å². The van der Waals surface area contributed by atoms with Crippen LogP contribution < -0.4 is 10.6 Å². The summed E-state index contributed by atoms with van der Waals surface area (Å²) in [6.07, 6.45) is -0.250. The number of carbonyl (C=O) groups is 3. The molecule has 0 saturated carbocycles. The fourth-order valence-corrected chi connectivity index (χ4v) is 2.37. The quantitative estimate of drug-likeness (QED) is 0.708. The number of amides is 2. The molecule has 3 N–H and O–H groups in total. The number of carbonyl (C=O) groups excluding carboxylic acids is 3. The Morgan fingerprint density at radius 3 is 2.12 bits per heavy atom. The number of rotatable bonds is 5. The van der Waals surface area contributed by atoms with Crippen molar-refractivity contribution in [2.45, 2.75) is 73.1 Å². The van der Waals surface area contributed by atoms with E-state index in [1.807, 2.05) is 20.8 Å². The Kier molecular flexibility index (Phi) is 6.40. The molecular weight excluding hydrogens is 322 g/mol. The van der Waals surface area contributed by atoms with Crippen molar-refractivity contribution in [2.75, 3.05) is 0 Å². The molecular formula is C18H29N3O4. The first-order chi connectivity index (χ1) is 11.3. The third-order valence-corrected chi connectivity index (χ3v) is 3.45. The van der Waals surface area contributed by atoms with Crippen LogP contribution in [0.15, 0.2) is 0 Å². The molecule has 1 rings (SSSR count). The second-order valence-electron chi connectivity index (χ2n) is 7.51. The summed E-state index contributed by atoms with van der Waals surface area (Å²) in [5.41, 5.74) is 1.28. The first kappa shape index (κ1) is 20.7. The molecule has 0 saturated heterocycles. The molecule has 1 aromatic heterocycles. The van der Waals surface area contributed by atoms with E-state index in [1.165, 1.54) is 0 Å². The lowest BCUT2D eigenvalue weighted by atomic mass is 10.1. The van der Waals surface area contributed by atoms with E-state index in [1.54, 1.807) is 34.6 Å². The second kappa shape index (κ2) is 7.72. The van der Waals surface area contributed by atoms with Gasteiger partial charge in [-0.05, 0) is 61.0 Å². The second-order valence-corrected chi connectivity index (χ2v) is 7.51. The van der Waals surface area contributed by atoms with Crippen LogP contribution in [-0.4, -0.2) is 40.5 Å². The van der Waals surface area contributed by atoms with Crippen LogP contribution in [0.25, 0.3) is 0 Å². The number of hydrogen-bond acceptors (Lipinski definition) is 4. The van der Waals surface area contributed by atoms with Crippen molar-refractivity contribution in [3.8, 4) is 0 Å². The molecule has 1 aromatic rings. The van der Waals surface area contributed by atoms with Gasteiger partial charge in [0.05, 0.1) is 11.7 Å². The number of ether oxygens (including phenoxy) is 1. The van der Waals surface area contributed by atoms with Crippen LogP contribution in [0.5, 0.6) is 0 Å². The van der Waals surface area contributed by atoms with E-state index in [0.29, 0.717) is 16.8 Å². The fraction of sp³-hybridized carbons (Fsp3) is 0.611. The summed E-state index contributed by atoms with van der Waals surface area (Å²) in [7, 11) is 0. The first-order valence-electron chi connectivity index (χ1n) is 8.36. The van der Waals surface area contributed by atoms with Crippen LogP contribution in [-0.2, 0) is 9.53 Å². The Bertz CT molecular complexity index is 669. The van der Waals surface area contributed by atoms with Gasteiger partial charge in [-0.25, -0.2) is 4.79 Å². The van der Waals surface area contributed by atoms with Crippen LogP contribution in [0.3, 0.4) is 0 Å². The summed E-state index contributed by atoms with van der Waals surface area (Å²) in [5.74, 6) is -1.19. The summed E-state index contributed by atoms with van der Waals surface area (Å²) in [4.78, 5) is 39.7. The fourth-order valence-electron chi connectivity index (χ4n) is 2.37. The summed E-state index contributed by atoms with van der Waals surface area (Å²) in [5, 5.41) is 5.45. The maximum atomic E-state index is 12.5. The highest BCUT2D eigenvalue weighted by Crippen LogP contribution is 2.19. The molecule has 7 heteroatoms. The van der Waals surface area contributed by atoms with Crippen molar-refractivity contribution >= 4 is 17.8 Å². The standard InChI is InChI=1S/C18H29N3O4/c1-9(2)25-17(24)13-10(3)14(19-11(13)4)16(23)20-12(5)15(22)21-18(6,7)8/h9,12,19H,1-8H3,(H,20,23)(H,21,22)/t12-/m1/s1. The van der Waals surface area contributed by atoms with Gasteiger partial charge in [-0.15, -0.1) is 0 Å². The molecule has 1 heterocycles. The van der Waals surface area contributed by atoms with Gasteiger partial charge in [0.25, 0.3) is 5.91 Å². The van der Waals surface area contributed by atoms with E-state index in [4.69, 9.17) is 4.74 Å². The Balaban J connectivity index is 2.93. The molecule has 0 radical (unpaired) electrons. The molecule has 7 nitrogen and oxygen atoms in total. The molecule has 1 atom stereocenters. The number of aryl methyl sites for hydroxylation is 1. The van der Waals surface area contributed by atoms with Crippen LogP contribution in [0.1, 0.15) is 73.6 Å². The maximum absolute atomic E-state index is 12.5. The first-order valence-corrected chi connectivity index (χ1v) is 8.36. The van der Waals surface area contributed by atoms with Crippen LogP contribution in [0.4, 0.5) is 0 Å². The predicted molar refractivity (Wildman–Crippen MR) is 95.6 cm³/mol. The molecule has 0 aliphatic carbocycles. The molecule has 2 amide bonds. The van der Waals surface area contributed by atoms with Crippen molar-refractivity contribution in [3.63, 3.8) is 0 Å². The van der Waals surface area contributed by atoms with Crippen LogP contribution >= 0.6 is 0 Å². The van der Waals surface area contributed by atoms with E-state index in [9.17, 15) is 14.4 Å². The van der Waals surface area contributed by atoms with Crippen LogP contribution in [0, 0.1) is 13.8 Å². The van der Waals surface area contributed by atoms with Crippen molar-refractivity contribution in [1.29, 1.82) is 0 Å². The van der Waals surface area contributed by atoms with Crippen LogP contribution in [0.2, 0.25) is 0 Å². The number of esters is 1. The lowest BCUT2D eigenvalue weighted by Crippen LogP contribution is -2.51. The lowest BCUT2D eigenvalue weighted by Gasteiger charge is -2.23. The van der Waals surface area contributed by atoms with Gasteiger partial charge in [-0.2, -0.15) is 0 Å². The number of H-pyrrole nitrogens is 1. The van der Waals surface area contributed by atoms with Gasteiger partial charge < -0.3 is 20.4 Å².